The zero-order chi connectivity index (χ0) is 27.2. The van der Waals surface area contributed by atoms with Gasteiger partial charge in [-0.05, 0) is 69.8 Å². The van der Waals surface area contributed by atoms with Gasteiger partial charge in [0, 0.05) is 40.0 Å². The first kappa shape index (κ1) is 25.2. The minimum absolute atomic E-state index is 0.0168. The van der Waals surface area contributed by atoms with Crippen molar-refractivity contribution < 1.29 is 23.7 Å². The van der Waals surface area contributed by atoms with Crippen LogP contribution in [-0.4, -0.2) is 57.1 Å². The maximum atomic E-state index is 6.15. The van der Waals surface area contributed by atoms with E-state index in [1.165, 1.54) is 28.0 Å². The highest BCUT2D eigenvalue weighted by atomic mass is 16.7. The maximum Gasteiger partial charge on any atom is 0.231 e. The Morgan fingerprint density at radius 2 is 1.50 bits per heavy atom. The molecule has 1 fully saturated rings. The van der Waals surface area contributed by atoms with Gasteiger partial charge in [0.05, 0.1) is 33.4 Å². The van der Waals surface area contributed by atoms with E-state index in [9.17, 15) is 0 Å². The molecule has 0 aromatic heterocycles. The lowest BCUT2D eigenvalue weighted by Crippen LogP contribution is -2.62. The number of fused-ring (bicyclic) bond motifs is 9. The van der Waals surface area contributed by atoms with Crippen molar-refractivity contribution in [3.05, 3.63) is 44.6 Å². The molecule has 0 N–H and O–H groups in total. The summed E-state index contributed by atoms with van der Waals surface area (Å²) in [6.45, 7) is 13.7. The molecule has 38 heavy (non-hydrogen) atoms. The Morgan fingerprint density at radius 1 is 0.842 bits per heavy atom. The number of hydrogen-bond acceptors (Lipinski definition) is 7. The fourth-order valence-electron chi connectivity index (χ4n) is 8.20. The Kier molecular flexibility index (Phi) is 5.80. The van der Waals surface area contributed by atoms with E-state index in [1.807, 2.05) is 0 Å². The molecule has 7 heteroatoms. The Labute approximate surface area is 226 Å². The average molecular weight is 521 g/mol. The standard InChI is InChI=1S/C31H40N2O5/c1-11-20-23-19(27(34-8)17(5)29-31(23)38-13-37-29)12-21-26-24-22(14(2)15(3)28(35-9)30(24)36-10)16(4)25(32(26)7)18(6)33(20)21/h12,16,18,20,25-26H,11,13H2,1-10H3/t16?,18?,20-,25?,26?/m0/s1. The summed E-state index contributed by atoms with van der Waals surface area (Å²) in [5, 5.41) is 0. The molecule has 0 spiro atoms. The Hall–Kier alpha value is -3.06. The molecule has 4 heterocycles. The molecule has 2 aromatic carbocycles. The van der Waals surface area contributed by atoms with Crippen LogP contribution in [0, 0.1) is 20.8 Å². The molecule has 5 atom stereocenters. The molecule has 1 saturated heterocycles. The number of likely N-dealkylation sites (N-methyl/N-ethyl adjacent to an activating group) is 1. The van der Waals surface area contributed by atoms with Crippen molar-refractivity contribution in [1.82, 2.24) is 9.80 Å². The van der Waals surface area contributed by atoms with Gasteiger partial charge in [-0.1, -0.05) is 13.8 Å². The highest BCUT2D eigenvalue weighted by Gasteiger charge is 2.54. The van der Waals surface area contributed by atoms with Gasteiger partial charge in [0.1, 0.15) is 5.75 Å². The molecule has 4 unspecified atom stereocenters. The normalized spacial score (nSPS) is 26.8. The van der Waals surface area contributed by atoms with Crippen LogP contribution >= 0.6 is 0 Å². The zero-order valence-corrected chi connectivity index (χ0v) is 24.3. The summed E-state index contributed by atoms with van der Waals surface area (Å²) in [6, 6.07) is 0.760. The number of methoxy groups -OCH3 is 3. The molecule has 204 valence electrons. The van der Waals surface area contributed by atoms with E-state index in [0.717, 1.165) is 51.9 Å². The monoisotopic (exact) mass is 520 g/mol. The van der Waals surface area contributed by atoms with Crippen LogP contribution in [0.5, 0.6) is 28.7 Å². The second kappa shape index (κ2) is 8.73. The first-order valence-corrected chi connectivity index (χ1v) is 13.7. The molecule has 2 bridgehead atoms. The Bertz CT molecular complexity index is 1370. The summed E-state index contributed by atoms with van der Waals surface area (Å²) in [4.78, 5) is 5.20. The van der Waals surface area contributed by atoms with Crippen LogP contribution in [0.2, 0.25) is 0 Å². The van der Waals surface area contributed by atoms with Crippen molar-refractivity contribution in [2.75, 3.05) is 35.2 Å². The van der Waals surface area contributed by atoms with E-state index < -0.39 is 0 Å². The van der Waals surface area contributed by atoms with E-state index in [2.05, 4.69) is 64.5 Å². The average Bonchev–Trinajstić information content (AvgIpc) is 3.39. The van der Waals surface area contributed by atoms with Gasteiger partial charge >= 0.3 is 0 Å². The summed E-state index contributed by atoms with van der Waals surface area (Å²) in [5.41, 5.74) is 9.60. The Morgan fingerprint density at radius 3 is 2.13 bits per heavy atom. The molecule has 6 rings (SSSR count). The number of piperazine rings is 1. The third-order valence-electron chi connectivity index (χ3n) is 9.71. The molecule has 0 saturated carbocycles. The van der Waals surface area contributed by atoms with Crippen molar-refractivity contribution in [3.8, 4) is 28.7 Å². The summed E-state index contributed by atoms with van der Waals surface area (Å²) in [5.74, 6) is 4.54. The molecule has 4 aliphatic heterocycles. The summed E-state index contributed by atoms with van der Waals surface area (Å²) >= 11 is 0. The number of benzene rings is 2. The first-order valence-electron chi connectivity index (χ1n) is 13.7. The van der Waals surface area contributed by atoms with Crippen LogP contribution in [0.15, 0.2) is 5.70 Å². The van der Waals surface area contributed by atoms with Crippen molar-refractivity contribution >= 4 is 6.08 Å². The van der Waals surface area contributed by atoms with E-state index in [-0.39, 0.29) is 24.9 Å². The van der Waals surface area contributed by atoms with Gasteiger partial charge < -0.3 is 28.6 Å². The highest BCUT2D eigenvalue weighted by Crippen LogP contribution is 2.61. The smallest absolute Gasteiger partial charge is 0.231 e. The van der Waals surface area contributed by atoms with Crippen molar-refractivity contribution in [2.24, 2.45) is 0 Å². The SMILES string of the molecule is CC[C@H]1c2c(c(OC)c(C)c3c2OCO3)C=C2C3c4c(OC)c(OC)c(C)c(C)c4C(C)C(C(C)N21)N3C. The highest BCUT2D eigenvalue weighted by molar-refractivity contribution is 5.77. The first-order chi connectivity index (χ1) is 18.2. The predicted octanol–water partition coefficient (Wildman–Crippen LogP) is 6.03. The van der Waals surface area contributed by atoms with Crippen LogP contribution in [0.4, 0.5) is 0 Å². The minimum atomic E-state index is 0.0168. The summed E-state index contributed by atoms with van der Waals surface area (Å²) < 4.78 is 30.2. The number of ether oxygens (including phenoxy) is 5. The van der Waals surface area contributed by atoms with Gasteiger partial charge in [-0.25, -0.2) is 0 Å². The van der Waals surface area contributed by atoms with Crippen LogP contribution in [0.3, 0.4) is 0 Å². The van der Waals surface area contributed by atoms with Crippen molar-refractivity contribution in [2.45, 2.75) is 78.0 Å². The van der Waals surface area contributed by atoms with E-state index >= 15 is 0 Å². The number of rotatable bonds is 4. The topological polar surface area (TPSA) is 52.6 Å². The van der Waals surface area contributed by atoms with Crippen LogP contribution in [-0.2, 0) is 0 Å². The fourth-order valence-corrected chi connectivity index (χ4v) is 8.20. The molecule has 2 aromatic rings. The van der Waals surface area contributed by atoms with Gasteiger partial charge in [0.25, 0.3) is 0 Å². The molecule has 7 nitrogen and oxygen atoms in total. The molecule has 0 amide bonds. The largest absolute Gasteiger partial charge is 0.496 e. The number of nitrogens with zero attached hydrogens (tertiary/aromatic N) is 2. The van der Waals surface area contributed by atoms with Gasteiger partial charge in [-0.3, -0.25) is 4.90 Å². The second-order valence-electron chi connectivity index (χ2n) is 11.2. The van der Waals surface area contributed by atoms with Crippen molar-refractivity contribution in [3.63, 3.8) is 0 Å². The van der Waals surface area contributed by atoms with Crippen molar-refractivity contribution in [1.29, 1.82) is 0 Å². The van der Waals surface area contributed by atoms with Crippen LogP contribution in [0.1, 0.15) is 84.1 Å². The maximum absolute atomic E-state index is 6.15. The van der Waals surface area contributed by atoms with Gasteiger partial charge in [0.2, 0.25) is 6.79 Å². The van der Waals surface area contributed by atoms with E-state index in [0.29, 0.717) is 12.0 Å². The van der Waals surface area contributed by atoms with Gasteiger partial charge in [-0.15, -0.1) is 0 Å². The summed E-state index contributed by atoms with van der Waals surface area (Å²) in [6.07, 6.45) is 3.28. The van der Waals surface area contributed by atoms with Gasteiger partial charge in [0.15, 0.2) is 23.0 Å². The van der Waals surface area contributed by atoms with Crippen LogP contribution in [0.25, 0.3) is 6.08 Å². The fraction of sp³-hybridized carbons (Fsp3) is 0.548. The lowest BCUT2D eigenvalue weighted by molar-refractivity contribution is -0.00813. The van der Waals surface area contributed by atoms with E-state index in [4.69, 9.17) is 23.7 Å². The van der Waals surface area contributed by atoms with E-state index in [1.54, 1.807) is 21.3 Å². The Balaban J connectivity index is 1.71. The molecule has 4 aliphatic rings. The third-order valence-corrected chi connectivity index (χ3v) is 9.71. The molecule has 0 radical (unpaired) electrons. The summed E-state index contributed by atoms with van der Waals surface area (Å²) in [7, 11) is 7.52. The molecular formula is C31H40N2O5. The lowest BCUT2D eigenvalue weighted by atomic mass is 9.70. The molecule has 0 aliphatic carbocycles. The predicted molar refractivity (Wildman–Crippen MR) is 148 cm³/mol. The zero-order valence-electron chi connectivity index (χ0n) is 24.3. The quantitative estimate of drug-likeness (QED) is 0.488. The minimum Gasteiger partial charge on any atom is -0.496 e. The third kappa shape index (κ3) is 2.94. The van der Waals surface area contributed by atoms with Crippen LogP contribution < -0.4 is 23.7 Å². The molecular weight excluding hydrogens is 480 g/mol. The van der Waals surface area contributed by atoms with Gasteiger partial charge in [-0.2, -0.15) is 0 Å². The lowest BCUT2D eigenvalue weighted by Gasteiger charge is -2.60. The number of hydrogen-bond donors (Lipinski definition) is 0. The second-order valence-corrected chi connectivity index (χ2v) is 11.2.